The molecule has 138 valence electrons. The fourth-order valence-electron chi connectivity index (χ4n) is 2.92. The number of hydrogen-bond donors (Lipinski definition) is 0. The van der Waals surface area contributed by atoms with Crippen LogP contribution in [0.1, 0.15) is 46.2 Å². The fraction of sp³-hybridized carbons (Fsp3) is 0.227. The molecule has 0 bridgehead atoms. The van der Waals surface area contributed by atoms with Crippen molar-refractivity contribution in [3.8, 4) is 11.3 Å². The molecule has 0 unspecified atom stereocenters. The van der Waals surface area contributed by atoms with Crippen LogP contribution in [-0.2, 0) is 11.8 Å². The summed E-state index contributed by atoms with van der Waals surface area (Å²) in [5, 5.41) is 4.33. The molecule has 0 atom stereocenters. The maximum absolute atomic E-state index is 13.2. The van der Waals surface area contributed by atoms with Gasteiger partial charge in [0.05, 0.1) is 17.9 Å². The van der Waals surface area contributed by atoms with Gasteiger partial charge in [0, 0.05) is 18.2 Å². The molecule has 2 aromatic carbocycles. The molecule has 0 aliphatic carbocycles. The van der Waals surface area contributed by atoms with E-state index in [1.807, 2.05) is 43.3 Å². The zero-order valence-corrected chi connectivity index (χ0v) is 15.5. The molecule has 0 N–H and O–H groups in total. The largest absolute Gasteiger partial charge is 0.461 e. The van der Waals surface area contributed by atoms with Crippen molar-refractivity contribution in [3.63, 3.8) is 0 Å². The second-order valence-corrected chi connectivity index (χ2v) is 6.25. The zero-order chi connectivity index (χ0) is 19.2. The molecular weight excluding hydrogens is 340 g/mol. The lowest BCUT2D eigenvalue weighted by Gasteiger charge is -2.07. The maximum atomic E-state index is 13.2. The minimum atomic E-state index is -0.569. The van der Waals surface area contributed by atoms with E-state index in [1.54, 1.807) is 36.0 Å². The van der Waals surface area contributed by atoms with Crippen LogP contribution in [0.15, 0.2) is 60.7 Å². The predicted molar refractivity (Wildman–Crippen MR) is 104 cm³/mol. The molecule has 1 aromatic heterocycles. The zero-order valence-electron chi connectivity index (χ0n) is 15.5. The highest BCUT2D eigenvalue weighted by atomic mass is 16.5. The molecule has 0 spiro atoms. The van der Waals surface area contributed by atoms with Crippen molar-refractivity contribution >= 4 is 11.8 Å². The number of hydrogen-bond acceptors (Lipinski definition) is 4. The topological polar surface area (TPSA) is 61.2 Å². The first-order chi connectivity index (χ1) is 13.1. The highest BCUT2D eigenvalue weighted by Crippen LogP contribution is 2.28. The van der Waals surface area contributed by atoms with E-state index in [4.69, 9.17) is 4.74 Å². The van der Waals surface area contributed by atoms with Crippen LogP contribution in [0.4, 0.5) is 0 Å². The third kappa shape index (κ3) is 3.97. The molecule has 5 heteroatoms. The summed E-state index contributed by atoms with van der Waals surface area (Å²) >= 11 is 0. The van der Waals surface area contributed by atoms with Crippen LogP contribution in [0.3, 0.4) is 0 Å². The number of aryl methyl sites for hydroxylation is 1. The van der Waals surface area contributed by atoms with E-state index >= 15 is 0 Å². The standard InChI is InChI=1S/C22H22N2O3/c1-3-4-15-27-22(26)19-18(21(25)17-13-9-6-10-14-17)20(24(2)23-19)16-11-7-5-8-12-16/h5-14H,3-4,15H2,1-2H3. The number of benzene rings is 2. The van der Waals surface area contributed by atoms with Gasteiger partial charge >= 0.3 is 5.97 Å². The Morgan fingerprint density at radius 3 is 2.26 bits per heavy atom. The van der Waals surface area contributed by atoms with Gasteiger partial charge in [-0.2, -0.15) is 5.10 Å². The Hall–Kier alpha value is -3.21. The van der Waals surface area contributed by atoms with Crippen LogP contribution in [0.5, 0.6) is 0 Å². The Morgan fingerprint density at radius 2 is 1.63 bits per heavy atom. The summed E-state index contributed by atoms with van der Waals surface area (Å²) in [6, 6.07) is 18.4. The summed E-state index contributed by atoms with van der Waals surface area (Å²) in [7, 11) is 1.73. The smallest absolute Gasteiger partial charge is 0.359 e. The lowest BCUT2D eigenvalue weighted by atomic mass is 9.97. The fourth-order valence-corrected chi connectivity index (χ4v) is 2.92. The Morgan fingerprint density at radius 1 is 1.00 bits per heavy atom. The van der Waals surface area contributed by atoms with Gasteiger partial charge in [-0.1, -0.05) is 74.0 Å². The third-order valence-electron chi connectivity index (χ3n) is 4.28. The van der Waals surface area contributed by atoms with Gasteiger partial charge in [0.2, 0.25) is 0 Å². The van der Waals surface area contributed by atoms with Gasteiger partial charge in [0.25, 0.3) is 0 Å². The number of carbonyl (C=O) groups excluding carboxylic acids is 2. The van der Waals surface area contributed by atoms with Gasteiger partial charge in [0.1, 0.15) is 0 Å². The number of unbranched alkanes of at least 4 members (excludes halogenated alkanes) is 1. The molecule has 1 heterocycles. The van der Waals surface area contributed by atoms with Crippen LogP contribution in [-0.4, -0.2) is 28.1 Å². The number of rotatable bonds is 7. The summed E-state index contributed by atoms with van der Waals surface area (Å²) < 4.78 is 6.90. The van der Waals surface area contributed by atoms with Crippen LogP contribution in [0.2, 0.25) is 0 Å². The number of nitrogens with zero attached hydrogens (tertiary/aromatic N) is 2. The second-order valence-electron chi connectivity index (χ2n) is 6.25. The van der Waals surface area contributed by atoms with E-state index in [1.165, 1.54) is 0 Å². The van der Waals surface area contributed by atoms with Gasteiger partial charge < -0.3 is 4.74 Å². The van der Waals surface area contributed by atoms with Crippen molar-refractivity contribution in [3.05, 3.63) is 77.5 Å². The number of aromatic nitrogens is 2. The minimum absolute atomic E-state index is 0.0568. The first-order valence-corrected chi connectivity index (χ1v) is 9.02. The molecule has 0 saturated carbocycles. The van der Waals surface area contributed by atoms with E-state index in [0.717, 1.165) is 18.4 Å². The van der Waals surface area contributed by atoms with Crippen molar-refractivity contribution in [2.24, 2.45) is 7.05 Å². The van der Waals surface area contributed by atoms with Crippen molar-refractivity contribution < 1.29 is 14.3 Å². The molecule has 3 rings (SSSR count). The van der Waals surface area contributed by atoms with Crippen LogP contribution in [0.25, 0.3) is 11.3 Å². The Kier molecular flexibility index (Phi) is 5.81. The molecular formula is C22H22N2O3. The first kappa shape index (κ1) is 18.6. The number of carbonyl (C=O) groups is 2. The number of ketones is 1. The molecule has 5 nitrogen and oxygen atoms in total. The molecule has 27 heavy (non-hydrogen) atoms. The lowest BCUT2D eigenvalue weighted by Crippen LogP contribution is -2.13. The van der Waals surface area contributed by atoms with E-state index in [-0.39, 0.29) is 17.0 Å². The average molecular weight is 362 g/mol. The van der Waals surface area contributed by atoms with Crippen molar-refractivity contribution in [1.82, 2.24) is 9.78 Å². The van der Waals surface area contributed by atoms with Gasteiger partial charge in [-0.05, 0) is 6.42 Å². The Labute approximate surface area is 158 Å². The summed E-state index contributed by atoms with van der Waals surface area (Å²) in [5.74, 6) is -0.814. The van der Waals surface area contributed by atoms with E-state index in [2.05, 4.69) is 5.10 Å². The predicted octanol–water partition coefficient (Wildman–Crippen LogP) is 4.28. The second kappa shape index (κ2) is 8.45. The minimum Gasteiger partial charge on any atom is -0.461 e. The highest BCUT2D eigenvalue weighted by molar-refractivity contribution is 6.17. The SMILES string of the molecule is CCCCOC(=O)c1nn(C)c(-c2ccccc2)c1C(=O)c1ccccc1. The third-order valence-corrected chi connectivity index (χ3v) is 4.28. The van der Waals surface area contributed by atoms with Crippen LogP contribution >= 0.6 is 0 Å². The van der Waals surface area contributed by atoms with E-state index in [9.17, 15) is 9.59 Å². The van der Waals surface area contributed by atoms with Crippen molar-refractivity contribution in [1.29, 1.82) is 0 Å². The van der Waals surface area contributed by atoms with Gasteiger partial charge in [-0.25, -0.2) is 4.79 Å². The molecule has 0 radical (unpaired) electrons. The summed E-state index contributed by atoms with van der Waals surface area (Å²) in [6.45, 7) is 2.33. The van der Waals surface area contributed by atoms with Gasteiger partial charge in [-0.15, -0.1) is 0 Å². The van der Waals surface area contributed by atoms with E-state index < -0.39 is 5.97 Å². The van der Waals surface area contributed by atoms with Gasteiger partial charge in [0.15, 0.2) is 11.5 Å². The molecule has 0 saturated heterocycles. The van der Waals surface area contributed by atoms with Crippen molar-refractivity contribution in [2.75, 3.05) is 6.61 Å². The monoisotopic (exact) mass is 362 g/mol. The molecule has 0 fully saturated rings. The summed E-state index contributed by atoms with van der Waals surface area (Å²) in [4.78, 5) is 25.9. The lowest BCUT2D eigenvalue weighted by molar-refractivity contribution is 0.0489. The molecule has 0 aliphatic rings. The molecule has 3 aromatic rings. The highest BCUT2D eigenvalue weighted by Gasteiger charge is 2.29. The Balaban J connectivity index is 2.11. The normalized spacial score (nSPS) is 10.6. The Bertz CT molecular complexity index is 931. The molecule has 0 amide bonds. The average Bonchev–Trinajstić information content (AvgIpc) is 3.06. The van der Waals surface area contributed by atoms with E-state index in [0.29, 0.717) is 17.9 Å². The first-order valence-electron chi connectivity index (χ1n) is 9.02. The maximum Gasteiger partial charge on any atom is 0.359 e. The van der Waals surface area contributed by atoms with Crippen LogP contribution in [0, 0.1) is 0 Å². The summed E-state index contributed by atoms with van der Waals surface area (Å²) in [6.07, 6.45) is 1.69. The van der Waals surface area contributed by atoms with Crippen molar-refractivity contribution in [2.45, 2.75) is 19.8 Å². The quantitative estimate of drug-likeness (QED) is 0.358. The molecule has 0 aliphatic heterocycles. The number of esters is 1. The van der Waals surface area contributed by atoms with Crippen LogP contribution < -0.4 is 0 Å². The summed E-state index contributed by atoms with van der Waals surface area (Å²) in [5.41, 5.74) is 2.26. The number of ether oxygens (including phenoxy) is 1. The van der Waals surface area contributed by atoms with Gasteiger partial charge in [-0.3, -0.25) is 9.48 Å².